The monoisotopic (exact) mass is 269 g/mol. The van der Waals surface area contributed by atoms with Gasteiger partial charge in [-0.1, -0.05) is 13.3 Å². The molecule has 4 unspecified atom stereocenters. The van der Waals surface area contributed by atoms with Crippen molar-refractivity contribution in [2.45, 2.75) is 51.7 Å². The molecule has 2 heterocycles. The van der Waals surface area contributed by atoms with Crippen LogP contribution in [0.1, 0.15) is 39.5 Å². The summed E-state index contributed by atoms with van der Waals surface area (Å²) in [5, 5.41) is 9.34. The van der Waals surface area contributed by atoms with E-state index in [1.54, 1.807) is 4.90 Å². The molecule has 0 saturated carbocycles. The Kier molecular flexibility index (Phi) is 4.45. The Morgan fingerprint density at radius 2 is 2.11 bits per heavy atom. The summed E-state index contributed by atoms with van der Waals surface area (Å²) >= 11 is 0. The summed E-state index contributed by atoms with van der Waals surface area (Å²) < 4.78 is 5.42. The predicted molar refractivity (Wildman–Crippen MR) is 69.7 cm³/mol. The molecule has 2 rings (SSSR count). The first-order chi connectivity index (χ1) is 9.02. The Morgan fingerprint density at radius 1 is 1.37 bits per heavy atom. The lowest BCUT2D eigenvalue weighted by Gasteiger charge is -2.38. The van der Waals surface area contributed by atoms with Crippen molar-refractivity contribution < 1.29 is 19.4 Å². The number of rotatable bonds is 3. The quantitative estimate of drug-likeness (QED) is 0.843. The SMILES string of the molecule is CCC1CCN(C(=O)C2COC(C)C2)C(C(=O)O)C1. The second kappa shape index (κ2) is 5.90. The summed E-state index contributed by atoms with van der Waals surface area (Å²) in [4.78, 5) is 25.4. The summed E-state index contributed by atoms with van der Waals surface area (Å²) in [6, 6.07) is -0.651. The maximum atomic E-state index is 12.4. The number of carboxylic acid groups (broad SMARTS) is 1. The average molecular weight is 269 g/mol. The second-order valence-electron chi connectivity index (χ2n) is 5.76. The van der Waals surface area contributed by atoms with Gasteiger partial charge in [-0.3, -0.25) is 4.79 Å². The third-order valence-corrected chi connectivity index (χ3v) is 4.40. The topological polar surface area (TPSA) is 66.8 Å². The molecule has 0 aliphatic carbocycles. The molecule has 0 aromatic heterocycles. The van der Waals surface area contributed by atoms with Crippen molar-refractivity contribution in [1.82, 2.24) is 4.90 Å². The van der Waals surface area contributed by atoms with Gasteiger partial charge in [0.25, 0.3) is 0 Å². The van der Waals surface area contributed by atoms with Gasteiger partial charge in [0.15, 0.2) is 0 Å². The molecule has 5 nitrogen and oxygen atoms in total. The van der Waals surface area contributed by atoms with Crippen molar-refractivity contribution in [2.75, 3.05) is 13.2 Å². The summed E-state index contributed by atoms with van der Waals surface area (Å²) in [7, 11) is 0. The number of piperidine rings is 1. The molecule has 0 aromatic rings. The molecule has 2 aliphatic rings. The second-order valence-corrected chi connectivity index (χ2v) is 5.76. The molecule has 108 valence electrons. The fourth-order valence-corrected chi connectivity index (χ4v) is 3.13. The van der Waals surface area contributed by atoms with Crippen LogP contribution in [0.3, 0.4) is 0 Å². The zero-order chi connectivity index (χ0) is 14.0. The first kappa shape index (κ1) is 14.3. The molecule has 1 amide bonds. The van der Waals surface area contributed by atoms with Crippen LogP contribution in [0.25, 0.3) is 0 Å². The molecule has 0 radical (unpaired) electrons. The van der Waals surface area contributed by atoms with Gasteiger partial charge in [-0.15, -0.1) is 0 Å². The first-order valence-electron chi connectivity index (χ1n) is 7.17. The van der Waals surface area contributed by atoms with E-state index in [9.17, 15) is 14.7 Å². The first-order valence-corrected chi connectivity index (χ1v) is 7.17. The Labute approximate surface area is 113 Å². The standard InChI is InChI=1S/C14H23NO4/c1-3-10-4-5-15(12(7-10)14(17)18)13(16)11-6-9(2)19-8-11/h9-12H,3-8H2,1-2H3,(H,17,18). The van der Waals surface area contributed by atoms with Crippen molar-refractivity contribution in [1.29, 1.82) is 0 Å². The van der Waals surface area contributed by atoms with Crippen LogP contribution < -0.4 is 0 Å². The fourth-order valence-electron chi connectivity index (χ4n) is 3.13. The number of hydrogen-bond donors (Lipinski definition) is 1. The molecule has 0 bridgehead atoms. The van der Waals surface area contributed by atoms with Crippen molar-refractivity contribution >= 4 is 11.9 Å². The molecule has 2 aliphatic heterocycles. The smallest absolute Gasteiger partial charge is 0.326 e. The molecular formula is C14H23NO4. The van der Waals surface area contributed by atoms with E-state index in [1.807, 2.05) is 6.92 Å². The van der Waals surface area contributed by atoms with Crippen molar-refractivity contribution in [3.63, 3.8) is 0 Å². The van der Waals surface area contributed by atoms with Gasteiger partial charge in [-0.2, -0.15) is 0 Å². The zero-order valence-electron chi connectivity index (χ0n) is 11.7. The molecule has 0 spiro atoms. The van der Waals surface area contributed by atoms with Crippen LogP contribution in [0.15, 0.2) is 0 Å². The minimum atomic E-state index is -0.876. The summed E-state index contributed by atoms with van der Waals surface area (Å²) in [6.45, 7) is 5.03. The maximum absolute atomic E-state index is 12.4. The lowest BCUT2D eigenvalue weighted by atomic mass is 9.88. The van der Waals surface area contributed by atoms with Gasteiger partial charge in [0.1, 0.15) is 6.04 Å². The molecule has 4 atom stereocenters. The number of ether oxygens (including phenoxy) is 1. The highest BCUT2D eigenvalue weighted by Crippen LogP contribution is 2.29. The number of aliphatic carboxylic acids is 1. The van der Waals surface area contributed by atoms with E-state index in [4.69, 9.17) is 4.74 Å². The van der Waals surface area contributed by atoms with Crippen molar-refractivity contribution in [2.24, 2.45) is 11.8 Å². The summed E-state index contributed by atoms with van der Waals surface area (Å²) in [5.41, 5.74) is 0. The lowest BCUT2D eigenvalue weighted by Crippen LogP contribution is -2.52. The normalized spacial score (nSPS) is 35.4. The molecule has 1 N–H and O–H groups in total. The van der Waals surface area contributed by atoms with Crippen LogP contribution in [0.2, 0.25) is 0 Å². The van der Waals surface area contributed by atoms with E-state index in [0.29, 0.717) is 31.9 Å². The van der Waals surface area contributed by atoms with E-state index >= 15 is 0 Å². The largest absolute Gasteiger partial charge is 0.480 e. The van der Waals surface area contributed by atoms with E-state index in [-0.39, 0.29) is 17.9 Å². The van der Waals surface area contributed by atoms with Gasteiger partial charge in [0, 0.05) is 6.54 Å². The number of carbonyl (C=O) groups excluding carboxylic acids is 1. The van der Waals surface area contributed by atoms with Crippen LogP contribution in [0.4, 0.5) is 0 Å². The van der Waals surface area contributed by atoms with Gasteiger partial charge in [0.2, 0.25) is 5.91 Å². The molecular weight excluding hydrogens is 246 g/mol. The molecule has 2 fully saturated rings. The number of nitrogens with zero attached hydrogens (tertiary/aromatic N) is 1. The van der Waals surface area contributed by atoms with Crippen LogP contribution >= 0.6 is 0 Å². The highest BCUT2D eigenvalue weighted by Gasteiger charge is 2.40. The zero-order valence-corrected chi connectivity index (χ0v) is 11.7. The minimum absolute atomic E-state index is 0.0358. The third-order valence-electron chi connectivity index (χ3n) is 4.40. The van der Waals surface area contributed by atoms with Gasteiger partial charge in [0.05, 0.1) is 18.6 Å². The number of carbonyl (C=O) groups is 2. The van der Waals surface area contributed by atoms with Gasteiger partial charge >= 0.3 is 5.97 Å². The van der Waals surface area contributed by atoms with E-state index in [0.717, 1.165) is 12.8 Å². The van der Waals surface area contributed by atoms with Crippen LogP contribution in [0, 0.1) is 11.8 Å². The number of likely N-dealkylation sites (tertiary alicyclic amines) is 1. The summed E-state index contributed by atoms with van der Waals surface area (Å²) in [5.74, 6) is -0.649. The van der Waals surface area contributed by atoms with Crippen LogP contribution in [0.5, 0.6) is 0 Å². The van der Waals surface area contributed by atoms with Crippen molar-refractivity contribution in [3.8, 4) is 0 Å². The molecule has 19 heavy (non-hydrogen) atoms. The van der Waals surface area contributed by atoms with E-state index in [1.165, 1.54) is 0 Å². The average Bonchev–Trinajstić information content (AvgIpc) is 2.83. The predicted octanol–water partition coefficient (Wildman–Crippen LogP) is 1.51. The Hall–Kier alpha value is -1.10. The molecule has 5 heteroatoms. The lowest BCUT2D eigenvalue weighted by molar-refractivity contribution is -0.155. The third kappa shape index (κ3) is 3.08. The van der Waals surface area contributed by atoms with Crippen LogP contribution in [-0.2, 0) is 14.3 Å². The highest BCUT2D eigenvalue weighted by atomic mass is 16.5. The van der Waals surface area contributed by atoms with Gasteiger partial charge in [-0.25, -0.2) is 4.79 Å². The number of hydrogen-bond acceptors (Lipinski definition) is 3. The Bertz CT molecular complexity index is 357. The van der Waals surface area contributed by atoms with Gasteiger partial charge in [-0.05, 0) is 32.1 Å². The maximum Gasteiger partial charge on any atom is 0.326 e. The van der Waals surface area contributed by atoms with E-state index < -0.39 is 12.0 Å². The Balaban J connectivity index is 2.04. The molecule has 2 saturated heterocycles. The van der Waals surface area contributed by atoms with Crippen LogP contribution in [-0.4, -0.2) is 47.2 Å². The number of amides is 1. The Morgan fingerprint density at radius 3 is 2.63 bits per heavy atom. The van der Waals surface area contributed by atoms with Crippen molar-refractivity contribution in [3.05, 3.63) is 0 Å². The fraction of sp³-hybridized carbons (Fsp3) is 0.857. The van der Waals surface area contributed by atoms with E-state index in [2.05, 4.69) is 6.92 Å². The van der Waals surface area contributed by atoms with Gasteiger partial charge < -0.3 is 14.7 Å². The highest BCUT2D eigenvalue weighted by molar-refractivity contribution is 5.85. The number of carboxylic acids is 1. The molecule has 0 aromatic carbocycles. The summed E-state index contributed by atoms with van der Waals surface area (Å²) in [6.07, 6.45) is 3.29. The minimum Gasteiger partial charge on any atom is -0.480 e.